The second-order valence-corrected chi connectivity index (χ2v) is 10.8. The van der Waals surface area contributed by atoms with E-state index in [0.717, 1.165) is 59.5 Å². The van der Waals surface area contributed by atoms with Crippen LogP contribution >= 0.6 is 23.1 Å². The molecule has 6 nitrogen and oxygen atoms in total. The number of thiophene rings is 1. The number of hydrogen-bond donors (Lipinski definition) is 0. The monoisotopic (exact) mass is 480 g/mol. The van der Waals surface area contributed by atoms with E-state index in [1.54, 1.807) is 28.0 Å². The van der Waals surface area contributed by atoms with Crippen molar-refractivity contribution in [1.82, 2.24) is 18.9 Å². The number of aromatic nitrogens is 4. The molecule has 172 valence electrons. The number of hydrogen-bond acceptors (Lipinski definition) is 6. The van der Waals surface area contributed by atoms with E-state index in [2.05, 4.69) is 11.9 Å². The van der Waals surface area contributed by atoms with Crippen molar-refractivity contribution in [3.05, 3.63) is 66.8 Å². The summed E-state index contributed by atoms with van der Waals surface area (Å²) in [5, 5.41) is 1.57. The van der Waals surface area contributed by atoms with Crippen LogP contribution in [0, 0.1) is 6.92 Å². The van der Waals surface area contributed by atoms with Gasteiger partial charge in [0.1, 0.15) is 10.5 Å². The van der Waals surface area contributed by atoms with Crippen molar-refractivity contribution in [2.24, 2.45) is 0 Å². The first-order chi connectivity index (χ1) is 16.0. The number of nitrogens with zero attached hydrogens (tertiary/aromatic N) is 4. The lowest BCUT2D eigenvalue weighted by molar-refractivity contribution is 0.541. The fourth-order valence-corrected chi connectivity index (χ4v) is 6.73. The summed E-state index contributed by atoms with van der Waals surface area (Å²) in [6, 6.07) is 5.40. The summed E-state index contributed by atoms with van der Waals surface area (Å²) in [5.41, 5.74) is 3.65. The van der Waals surface area contributed by atoms with Crippen LogP contribution in [-0.2, 0) is 25.1 Å². The highest BCUT2D eigenvalue weighted by Crippen LogP contribution is 2.35. The molecule has 0 saturated heterocycles. The van der Waals surface area contributed by atoms with Gasteiger partial charge >= 0.3 is 0 Å². The maximum Gasteiger partial charge on any atom is 0.263 e. The van der Waals surface area contributed by atoms with Gasteiger partial charge in [-0.2, -0.15) is 0 Å². The van der Waals surface area contributed by atoms with E-state index >= 15 is 0 Å². The van der Waals surface area contributed by atoms with Crippen molar-refractivity contribution in [1.29, 1.82) is 0 Å². The van der Waals surface area contributed by atoms with Crippen LogP contribution in [0.25, 0.3) is 15.9 Å². The first-order valence-corrected chi connectivity index (χ1v) is 13.5. The van der Waals surface area contributed by atoms with E-state index in [4.69, 9.17) is 4.98 Å². The van der Waals surface area contributed by atoms with E-state index in [0.29, 0.717) is 23.6 Å². The summed E-state index contributed by atoms with van der Waals surface area (Å²) in [5.74, 6) is 0.497. The molecule has 0 atom stereocenters. The SMILES string of the molecule is CCCCCn1c(SCc2cc(=O)n3ccc(C)cc3n2)nc2sc3c(c2c1=O)CCCC3. The van der Waals surface area contributed by atoms with Crippen LogP contribution in [-0.4, -0.2) is 18.9 Å². The van der Waals surface area contributed by atoms with E-state index < -0.39 is 0 Å². The molecular weight excluding hydrogens is 452 g/mol. The summed E-state index contributed by atoms with van der Waals surface area (Å²) >= 11 is 3.19. The quantitative estimate of drug-likeness (QED) is 0.208. The van der Waals surface area contributed by atoms with Crippen LogP contribution in [0.5, 0.6) is 0 Å². The average Bonchev–Trinajstić information content (AvgIpc) is 3.17. The third kappa shape index (κ3) is 4.38. The van der Waals surface area contributed by atoms with E-state index in [-0.39, 0.29) is 11.1 Å². The Morgan fingerprint density at radius 2 is 1.97 bits per heavy atom. The van der Waals surface area contributed by atoms with Crippen LogP contribution in [0.3, 0.4) is 0 Å². The molecule has 0 saturated carbocycles. The van der Waals surface area contributed by atoms with Gasteiger partial charge in [-0.25, -0.2) is 9.97 Å². The van der Waals surface area contributed by atoms with Crippen LogP contribution < -0.4 is 11.1 Å². The Bertz CT molecular complexity index is 1450. The molecule has 0 N–H and O–H groups in total. The highest BCUT2D eigenvalue weighted by molar-refractivity contribution is 7.98. The van der Waals surface area contributed by atoms with Crippen molar-refractivity contribution in [2.45, 2.75) is 76.2 Å². The molecule has 1 aliphatic carbocycles. The standard InChI is InChI=1S/C25H28N4O2S2/c1-3-4-7-11-29-24(31)22-18-8-5-6-9-19(18)33-23(22)27-25(29)32-15-17-14-21(30)28-12-10-16(2)13-20(28)26-17/h10,12-14H,3-9,11,15H2,1-2H3. The summed E-state index contributed by atoms with van der Waals surface area (Å²) in [4.78, 5) is 38.0. The van der Waals surface area contributed by atoms with Crippen molar-refractivity contribution in [3.8, 4) is 0 Å². The summed E-state index contributed by atoms with van der Waals surface area (Å²) in [6.45, 7) is 4.83. The lowest BCUT2D eigenvalue weighted by Crippen LogP contribution is -2.24. The van der Waals surface area contributed by atoms with Crippen molar-refractivity contribution >= 4 is 39.0 Å². The first-order valence-electron chi connectivity index (χ1n) is 11.7. The maximum atomic E-state index is 13.6. The van der Waals surface area contributed by atoms with Gasteiger partial charge in [0, 0.05) is 29.4 Å². The van der Waals surface area contributed by atoms with Gasteiger partial charge in [-0.1, -0.05) is 31.5 Å². The molecule has 0 fully saturated rings. The molecule has 4 aromatic heterocycles. The zero-order chi connectivity index (χ0) is 22.9. The van der Waals surface area contributed by atoms with Gasteiger partial charge in [0.15, 0.2) is 5.16 Å². The lowest BCUT2D eigenvalue weighted by atomic mass is 9.97. The minimum absolute atomic E-state index is 0.0923. The zero-order valence-electron chi connectivity index (χ0n) is 19.1. The molecule has 0 bridgehead atoms. The Labute approximate surface area is 200 Å². The Balaban J connectivity index is 1.52. The van der Waals surface area contributed by atoms with Crippen LogP contribution in [0.4, 0.5) is 0 Å². The van der Waals surface area contributed by atoms with E-state index in [1.807, 2.05) is 23.6 Å². The zero-order valence-corrected chi connectivity index (χ0v) is 20.7. The summed E-state index contributed by atoms with van der Waals surface area (Å²) in [7, 11) is 0. The van der Waals surface area contributed by atoms with Crippen molar-refractivity contribution in [2.75, 3.05) is 0 Å². The highest BCUT2D eigenvalue weighted by atomic mass is 32.2. The van der Waals surface area contributed by atoms with E-state index in [9.17, 15) is 9.59 Å². The minimum Gasteiger partial charge on any atom is -0.287 e. The Morgan fingerprint density at radius 1 is 1.12 bits per heavy atom. The molecule has 33 heavy (non-hydrogen) atoms. The van der Waals surface area contributed by atoms with Gasteiger partial charge < -0.3 is 0 Å². The Kier molecular flexibility index (Phi) is 6.38. The number of pyridine rings is 1. The van der Waals surface area contributed by atoms with Gasteiger partial charge in [-0.15, -0.1) is 11.3 Å². The number of fused-ring (bicyclic) bond motifs is 4. The molecule has 4 heterocycles. The molecule has 0 radical (unpaired) electrons. The highest BCUT2D eigenvalue weighted by Gasteiger charge is 2.22. The third-order valence-electron chi connectivity index (χ3n) is 6.25. The fourth-order valence-electron chi connectivity index (χ4n) is 4.51. The first kappa shape index (κ1) is 22.3. The number of aryl methyl sites for hydroxylation is 3. The predicted molar refractivity (Wildman–Crippen MR) is 136 cm³/mol. The second-order valence-electron chi connectivity index (χ2n) is 8.76. The molecule has 4 aromatic rings. The maximum absolute atomic E-state index is 13.6. The molecule has 1 aliphatic rings. The number of rotatable bonds is 7. The average molecular weight is 481 g/mol. The van der Waals surface area contributed by atoms with Crippen LogP contribution in [0.2, 0.25) is 0 Å². The molecule has 0 spiro atoms. The third-order valence-corrected chi connectivity index (χ3v) is 8.45. The molecule has 0 aromatic carbocycles. The second kappa shape index (κ2) is 9.43. The van der Waals surface area contributed by atoms with Gasteiger partial charge in [0.05, 0.1) is 11.1 Å². The molecule has 0 amide bonds. The fraction of sp³-hybridized carbons (Fsp3) is 0.440. The van der Waals surface area contributed by atoms with Gasteiger partial charge in [0.2, 0.25) is 0 Å². The van der Waals surface area contributed by atoms with E-state index in [1.165, 1.54) is 28.6 Å². The molecule has 0 aliphatic heterocycles. The summed E-state index contributed by atoms with van der Waals surface area (Å²) < 4.78 is 3.42. The smallest absolute Gasteiger partial charge is 0.263 e. The number of thioether (sulfide) groups is 1. The van der Waals surface area contributed by atoms with Crippen LogP contribution in [0.1, 0.15) is 60.7 Å². The molecule has 5 rings (SSSR count). The predicted octanol–water partition coefficient (Wildman–Crippen LogP) is 5.14. The lowest BCUT2D eigenvalue weighted by Gasteiger charge is -2.13. The largest absolute Gasteiger partial charge is 0.287 e. The normalized spacial score (nSPS) is 13.6. The molecule has 8 heteroatoms. The Morgan fingerprint density at radius 3 is 2.82 bits per heavy atom. The molecule has 0 unspecified atom stereocenters. The van der Waals surface area contributed by atoms with Gasteiger partial charge in [-0.3, -0.25) is 18.6 Å². The van der Waals surface area contributed by atoms with Gasteiger partial charge in [-0.05, 0) is 62.3 Å². The van der Waals surface area contributed by atoms with Crippen molar-refractivity contribution < 1.29 is 0 Å². The minimum atomic E-state index is -0.0923. The molecular formula is C25H28N4O2S2. The van der Waals surface area contributed by atoms with Crippen molar-refractivity contribution in [3.63, 3.8) is 0 Å². The number of unbranched alkanes of at least 4 members (excludes halogenated alkanes) is 2. The van der Waals surface area contributed by atoms with Gasteiger partial charge in [0.25, 0.3) is 11.1 Å². The Hall–Kier alpha value is -2.45. The topological polar surface area (TPSA) is 69.3 Å². The van der Waals surface area contributed by atoms with Crippen LogP contribution in [0.15, 0.2) is 39.1 Å². The summed E-state index contributed by atoms with van der Waals surface area (Å²) in [6.07, 6.45) is 9.27.